The maximum atomic E-state index is 13.2. The van der Waals surface area contributed by atoms with Crippen LogP contribution in [-0.2, 0) is 11.3 Å². The summed E-state index contributed by atoms with van der Waals surface area (Å²) in [6.45, 7) is 1.62. The largest absolute Gasteiger partial charge is 0.383 e. The minimum absolute atomic E-state index is 0.178. The van der Waals surface area contributed by atoms with Crippen molar-refractivity contribution < 1.29 is 9.53 Å². The molecule has 3 rings (SSSR count). The molecule has 27 heavy (non-hydrogen) atoms. The van der Waals surface area contributed by atoms with Crippen LogP contribution in [-0.4, -0.2) is 36.1 Å². The van der Waals surface area contributed by atoms with Gasteiger partial charge < -0.3 is 15.0 Å². The number of nitrogens with zero attached hydrogens (tertiary/aromatic N) is 3. The SMILES string of the molecule is COCCNc1cc(C(=O)N(Cc2ccccc2)c2ccccc2)ncn1. The molecular weight excluding hydrogens is 340 g/mol. The van der Waals surface area contributed by atoms with Crippen molar-refractivity contribution >= 4 is 17.4 Å². The summed E-state index contributed by atoms with van der Waals surface area (Å²) in [6, 6.07) is 21.1. The number of rotatable bonds is 8. The molecule has 0 aliphatic carbocycles. The standard InChI is InChI=1S/C21H22N4O2/c1-27-13-12-22-20-14-19(23-16-24-20)21(26)25(18-10-6-3-7-11-18)15-17-8-4-2-5-9-17/h2-11,14,16H,12-13,15H2,1H3,(H,22,23,24). The normalized spacial score (nSPS) is 10.4. The van der Waals surface area contributed by atoms with E-state index in [4.69, 9.17) is 4.74 Å². The van der Waals surface area contributed by atoms with Crippen LogP contribution < -0.4 is 10.2 Å². The molecule has 0 aliphatic rings. The van der Waals surface area contributed by atoms with Crippen LogP contribution >= 0.6 is 0 Å². The fourth-order valence-electron chi connectivity index (χ4n) is 2.64. The molecule has 1 heterocycles. The lowest BCUT2D eigenvalue weighted by molar-refractivity contribution is 0.0980. The van der Waals surface area contributed by atoms with E-state index < -0.39 is 0 Å². The van der Waals surface area contributed by atoms with Gasteiger partial charge in [-0.3, -0.25) is 4.79 Å². The Kier molecular flexibility index (Phi) is 6.49. The van der Waals surface area contributed by atoms with Gasteiger partial charge in [0.05, 0.1) is 13.2 Å². The van der Waals surface area contributed by atoms with Crippen LogP contribution in [0.4, 0.5) is 11.5 Å². The van der Waals surface area contributed by atoms with Gasteiger partial charge in [-0.25, -0.2) is 9.97 Å². The molecule has 0 fully saturated rings. The fraction of sp³-hybridized carbons (Fsp3) is 0.190. The highest BCUT2D eigenvalue weighted by atomic mass is 16.5. The van der Waals surface area contributed by atoms with E-state index in [0.29, 0.717) is 31.2 Å². The molecule has 138 valence electrons. The number of anilines is 2. The van der Waals surface area contributed by atoms with Gasteiger partial charge in [-0.2, -0.15) is 0 Å². The zero-order valence-electron chi connectivity index (χ0n) is 15.2. The second-order valence-corrected chi connectivity index (χ2v) is 5.92. The van der Waals surface area contributed by atoms with Gasteiger partial charge in [-0.05, 0) is 17.7 Å². The zero-order chi connectivity index (χ0) is 18.9. The molecule has 1 amide bonds. The number of para-hydroxylation sites is 1. The van der Waals surface area contributed by atoms with E-state index >= 15 is 0 Å². The summed E-state index contributed by atoms with van der Waals surface area (Å²) in [6.07, 6.45) is 1.40. The Morgan fingerprint density at radius 1 is 1.04 bits per heavy atom. The van der Waals surface area contributed by atoms with Crippen LogP contribution in [0.5, 0.6) is 0 Å². The maximum absolute atomic E-state index is 13.2. The number of carbonyl (C=O) groups excluding carboxylic acids is 1. The number of hydrogen-bond acceptors (Lipinski definition) is 5. The first-order valence-corrected chi connectivity index (χ1v) is 8.73. The Morgan fingerprint density at radius 2 is 1.74 bits per heavy atom. The fourth-order valence-corrected chi connectivity index (χ4v) is 2.64. The summed E-state index contributed by atoms with van der Waals surface area (Å²) < 4.78 is 5.02. The van der Waals surface area contributed by atoms with Gasteiger partial charge in [-0.1, -0.05) is 48.5 Å². The first kappa shape index (κ1) is 18.5. The highest BCUT2D eigenvalue weighted by molar-refractivity contribution is 6.05. The second-order valence-electron chi connectivity index (χ2n) is 5.92. The molecule has 0 saturated heterocycles. The van der Waals surface area contributed by atoms with E-state index in [1.165, 1.54) is 6.33 Å². The van der Waals surface area contributed by atoms with Crippen LogP contribution in [0, 0.1) is 0 Å². The number of hydrogen-bond donors (Lipinski definition) is 1. The first-order valence-electron chi connectivity index (χ1n) is 8.73. The average Bonchev–Trinajstić information content (AvgIpc) is 2.73. The Bertz CT molecular complexity index is 856. The molecule has 0 atom stereocenters. The topological polar surface area (TPSA) is 67.3 Å². The van der Waals surface area contributed by atoms with Crippen molar-refractivity contribution in [3.05, 3.63) is 84.3 Å². The van der Waals surface area contributed by atoms with E-state index in [9.17, 15) is 4.79 Å². The van der Waals surface area contributed by atoms with E-state index in [-0.39, 0.29) is 5.91 Å². The lowest BCUT2D eigenvalue weighted by atomic mass is 10.2. The molecule has 0 saturated carbocycles. The number of methoxy groups -OCH3 is 1. The van der Waals surface area contributed by atoms with Crippen molar-refractivity contribution in [2.24, 2.45) is 0 Å². The number of amides is 1. The predicted octanol–water partition coefficient (Wildman–Crippen LogP) is 3.38. The number of carbonyl (C=O) groups is 1. The molecule has 0 bridgehead atoms. The number of benzene rings is 2. The van der Waals surface area contributed by atoms with Gasteiger partial charge in [0.1, 0.15) is 17.8 Å². The van der Waals surface area contributed by atoms with Gasteiger partial charge in [-0.15, -0.1) is 0 Å². The summed E-state index contributed by atoms with van der Waals surface area (Å²) in [5.74, 6) is 0.417. The molecule has 2 aromatic carbocycles. The molecule has 3 aromatic rings. The summed E-state index contributed by atoms with van der Waals surface area (Å²) in [7, 11) is 1.64. The smallest absolute Gasteiger partial charge is 0.277 e. The van der Waals surface area contributed by atoms with Crippen LogP contribution in [0.25, 0.3) is 0 Å². The molecule has 6 nitrogen and oxygen atoms in total. The number of nitrogens with one attached hydrogen (secondary N) is 1. The molecular formula is C21H22N4O2. The Hall–Kier alpha value is -3.25. The van der Waals surface area contributed by atoms with E-state index in [0.717, 1.165) is 11.3 Å². The monoisotopic (exact) mass is 362 g/mol. The summed E-state index contributed by atoms with van der Waals surface area (Å²) in [5.41, 5.74) is 2.20. The van der Waals surface area contributed by atoms with Crippen molar-refractivity contribution in [3.63, 3.8) is 0 Å². The van der Waals surface area contributed by atoms with Crippen LogP contribution in [0.1, 0.15) is 16.1 Å². The molecule has 1 aromatic heterocycles. The second kappa shape index (κ2) is 9.45. The van der Waals surface area contributed by atoms with Gasteiger partial charge in [0.15, 0.2) is 0 Å². The third-order valence-corrected chi connectivity index (χ3v) is 4.00. The van der Waals surface area contributed by atoms with Gasteiger partial charge >= 0.3 is 0 Å². The molecule has 1 N–H and O–H groups in total. The van der Waals surface area contributed by atoms with E-state index in [2.05, 4.69) is 15.3 Å². The quantitative estimate of drug-likeness (QED) is 0.622. The summed E-state index contributed by atoms with van der Waals surface area (Å²) in [5, 5.41) is 3.12. The third kappa shape index (κ3) is 5.12. The summed E-state index contributed by atoms with van der Waals surface area (Å²) in [4.78, 5) is 23.3. The zero-order valence-corrected chi connectivity index (χ0v) is 15.2. The number of aromatic nitrogens is 2. The van der Waals surface area contributed by atoms with Gasteiger partial charge in [0, 0.05) is 25.4 Å². The maximum Gasteiger partial charge on any atom is 0.277 e. The van der Waals surface area contributed by atoms with Gasteiger partial charge in [0.2, 0.25) is 0 Å². The molecule has 0 unspecified atom stereocenters. The van der Waals surface area contributed by atoms with Crippen molar-refractivity contribution in [2.75, 3.05) is 30.5 Å². The van der Waals surface area contributed by atoms with E-state index in [1.807, 2.05) is 60.7 Å². The van der Waals surface area contributed by atoms with Crippen molar-refractivity contribution in [3.8, 4) is 0 Å². The van der Waals surface area contributed by atoms with Crippen LogP contribution in [0.15, 0.2) is 73.1 Å². The lowest BCUT2D eigenvalue weighted by Gasteiger charge is -2.23. The molecule has 0 radical (unpaired) electrons. The van der Waals surface area contributed by atoms with Crippen LogP contribution in [0.3, 0.4) is 0 Å². The number of ether oxygens (including phenoxy) is 1. The average molecular weight is 362 g/mol. The first-order chi connectivity index (χ1) is 13.3. The minimum Gasteiger partial charge on any atom is -0.383 e. The molecule has 0 aliphatic heterocycles. The molecule has 6 heteroatoms. The minimum atomic E-state index is -0.178. The Labute approximate surface area is 158 Å². The van der Waals surface area contributed by atoms with E-state index in [1.54, 1.807) is 18.1 Å². The van der Waals surface area contributed by atoms with Crippen molar-refractivity contribution in [2.45, 2.75) is 6.54 Å². The highest BCUT2D eigenvalue weighted by Crippen LogP contribution is 2.20. The van der Waals surface area contributed by atoms with Gasteiger partial charge in [0.25, 0.3) is 5.91 Å². The summed E-state index contributed by atoms with van der Waals surface area (Å²) >= 11 is 0. The third-order valence-electron chi connectivity index (χ3n) is 4.00. The predicted molar refractivity (Wildman–Crippen MR) is 106 cm³/mol. The van der Waals surface area contributed by atoms with Crippen LogP contribution in [0.2, 0.25) is 0 Å². The lowest BCUT2D eigenvalue weighted by Crippen LogP contribution is -2.31. The van der Waals surface area contributed by atoms with Crippen molar-refractivity contribution in [1.29, 1.82) is 0 Å². The highest BCUT2D eigenvalue weighted by Gasteiger charge is 2.20. The Morgan fingerprint density at radius 3 is 2.44 bits per heavy atom. The van der Waals surface area contributed by atoms with Crippen molar-refractivity contribution in [1.82, 2.24) is 9.97 Å². The Balaban J connectivity index is 1.85. The molecule has 0 spiro atoms.